The number of nitrogens with zero attached hydrogens (tertiary/aromatic N) is 3. The Morgan fingerprint density at radius 1 is 1.24 bits per heavy atom. The van der Waals surface area contributed by atoms with Crippen molar-refractivity contribution in [2.24, 2.45) is 7.05 Å². The van der Waals surface area contributed by atoms with Crippen LogP contribution in [0.1, 0.15) is 37.7 Å². The first-order chi connectivity index (χ1) is 9.74. The molecular formula is C16H24N4O. The Bertz CT molecular complexity index is 626. The van der Waals surface area contributed by atoms with Crippen LogP contribution in [0.5, 0.6) is 11.8 Å². The molecular weight excluding hydrogens is 264 g/mol. The molecule has 0 saturated carbocycles. The summed E-state index contributed by atoms with van der Waals surface area (Å²) in [5.41, 5.74) is 3.17. The van der Waals surface area contributed by atoms with Crippen LogP contribution in [-0.2, 0) is 13.6 Å². The third kappa shape index (κ3) is 4.29. The van der Waals surface area contributed by atoms with Gasteiger partial charge in [0.1, 0.15) is 0 Å². The van der Waals surface area contributed by atoms with E-state index in [1.165, 1.54) is 5.56 Å². The van der Waals surface area contributed by atoms with Crippen molar-refractivity contribution in [1.82, 2.24) is 20.1 Å². The number of nitrogens with one attached hydrogen (secondary N) is 1. The molecule has 0 atom stereocenters. The third-order valence-electron chi connectivity index (χ3n) is 3.15. The number of aromatic nitrogens is 3. The van der Waals surface area contributed by atoms with Gasteiger partial charge in [-0.1, -0.05) is 6.07 Å². The minimum absolute atomic E-state index is 0.0911. The Labute approximate surface area is 126 Å². The highest BCUT2D eigenvalue weighted by molar-refractivity contribution is 5.28. The monoisotopic (exact) mass is 288 g/mol. The minimum Gasteiger partial charge on any atom is -0.421 e. The van der Waals surface area contributed by atoms with E-state index in [1.54, 1.807) is 4.68 Å². The lowest BCUT2D eigenvalue weighted by molar-refractivity contribution is 0.410. The van der Waals surface area contributed by atoms with Gasteiger partial charge in [-0.15, -0.1) is 0 Å². The molecule has 0 aromatic carbocycles. The number of rotatable bonds is 4. The maximum atomic E-state index is 5.78. The zero-order valence-electron chi connectivity index (χ0n) is 13.7. The van der Waals surface area contributed by atoms with Crippen molar-refractivity contribution in [1.29, 1.82) is 0 Å². The van der Waals surface area contributed by atoms with E-state index in [1.807, 2.05) is 33.0 Å². The molecule has 114 valence electrons. The van der Waals surface area contributed by atoms with E-state index in [2.05, 4.69) is 42.2 Å². The first kappa shape index (κ1) is 15.5. The normalized spacial score (nSPS) is 11.7. The van der Waals surface area contributed by atoms with Crippen LogP contribution in [0.3, 0.4) is 0 Å². The van der Waals surface area contributed by atoms with Crippen LogP contribution in [-0.4, -0.2) is 20.3 Å². The predicted molar refractivity (Wildman–Crippen MR) is 83.6 cm³/mol. The molecule has 0 aliphatic heterocycles. The minimum atomic E-state index is 0.0911. The van der Waals surface area contributed by atoms with E-state index < -0.39 is 0 Å². The molecule has 2 heterocycles. The van der Waals surface area contributed by atoms with Crippen molar-refractivity contribution in [3.8, 4) is 11.8 Å². The Hall–Kier alpha value is -1.88. The van der Waals surface area contributed by atoms with Crippen molar-refractivity contribution in [2.45, 2.75) is 46.7 Å². The van der Waals surface area contributed by atoms with Crippen molar-refractivity contribution in [3.63, 3.8) is 0 Å². The molecule has 0 radical (unpaired) electrons. The molecule has 2 aromatic heterocycles. The van der Waals surface area contributed by atoms with Crippen LogP contribution in [0.15, 0.2) is 18.2 Å². The van der Waals surface area contributed by atoms with Crippen LogP contribution >= 0.6 is 0 Å². The lowest BCUT2D eigenvalue weighted by Gasteiger charge is -2.21. The highest BCUT2D eigenvalue weighted by Gasteiger charge is 2.11. The summed E-state index contributed by atoms with van der Waals surface area (Å²) in [6, 6.07) is 5.85. The van der Waals surface area contributed by atoms with E-state index in [9.17, 15) is 0 Å². The van der Waals surface area contributed by atoms with E-state index in [0.29, 0.717) is 11.8 Å². The highest BCUT2D eigenvalue weighted by atomic mass is 16.5. The summed E-state index contributed by atoms with van der Waals surface area (Å²) in [5, 5.41) is 7.72. The van der Waals surface area contributed by atoms with Gasteiger partial charge in [0, 0.05) is 37.0 Å². The lowest BCUT2D eigenvalue weighted by atomic mass is 10.1. The average molecular weight is 288 g/mol. The summed E-state index contributed by atoms with van der Waals surface area (Å²) in [4.78, 5) is 4.52. The fraction of sp³-hybridized carbons (Fsp3) is 0.500. The second-order valence-corrected chi connectivity index (χ2v) is 6.35. The Morgan fingerprint density at radius 3 is 2.48 bits per heavy atom. The molecule has 0 aliphatic rings. The molecule has 2 aromatic rings. The highest BCUT2D eigenvalue weighted by Crippen LogP contribution is 2.21. The van der Waals surface area contributed by atoms with Crippen LogP contribution in [0.2, 0.25) is 0 Å². The van der Waals surface area contributed by atoms with Crippen molar-refractivity contribution < 1.29 is 4.74 Å². The standard InChI is InChI=1S/C16H24N4O/c1-11-9-15(20(6)19-11)21-14-8-7-13(12(2)18-14)10-17-16(3,4)5/h7-9,17H,10H2,1-6H3. The fourth-order valence-electron chi connectivity index (χ4n) is 1.96. The van der Waals surface area contributed by atoms with Crippen molar-refractivity contribution in [2.75, 3.05) is 0 Å². The molecule has 0 spiro atoms. The van der Waals surface area contributed by atoms with Gasteiger partial charge in [-0.2, -0.15) is 5.10 Å². The quantitative estimate of drug-likeness (QED) is 0.939. The molecule has 0 aliphatic carbocycles. The Balaban J connectivity index is 2.10. The maximum absolute atomic E-state index is 5.78. The van der Waals surface area contributed by atoms with Crippen molar-refractivity contribution in [3.05, 3.63) is 35.2 Å². The first-order valence-corrected chi connectivity index (χ1v) is 7.15. The molecule has 2 rings (SSSR count). The van der Waals surface area contributed by atoms with Gasteiger partial charge in [-0.25, -0.2) is 9.67 Å². The zero-order chi connectivity index (χ0) is 15.6. The number of pyridine rings is 1. The maximum Gasteiger partial charge on any atom is 0.221 e. The number of ether oxygens (including phenoxy) is 1. The van der Waals surface area contributed by atoms with Gasteiger partial charge in [0.05, 0.1) is 5.69 Å². The number of aryl methyl sites for hydroxylation is 3. The number of hydrogen-bond donors (Lipinski definition) is 1. The largest absolute Gasteiger partial charge is 0.421 e. The smallest absolute Gasteiger partial charge is 0.221 e. The second kappa shape index (κ2) is 5.85. The van der Waals surface area contributed by atoms with Crippen LogP contribution in [0.4, 0.5) is 0 Å². The third-order valence-corrected chi connectivity index (χ3v) is 3.15. The molecule has 0 fully saturated rings. The molecule has 0 unspecified atom stereocenters. The van der Waals surface area contributed by atoms with Crippen molar-refractivity contribution >= 4 is 0 Å². The van der Waals surface area contributed by atoms with Gasteiger partial charge in [0.2, 0.25) is 11.8 Å². The SMILES string of the molecule is Cc1cc(Oc2ccc(CNC(C)(C)C)c(C)n2)n(C)n1. The molecule has 0 saturated heterocycles. The fourth-order valence-corrected chi connectivity index (χ4v) is 1.96. The van der Waals surface area contributed by atoms with Gasteiger partial charge >= 0.3 is 0 Å². The summed E-state index contributed by atoms with van der Waals surface area (Å²) in [6.45, 7) is 11.2. The predicted octanol–water partition coefficient (Wildman–Crippen LogP) is 3.11. The summed E-state index contributed by atoms with van der Waals surface area (Å²) < 4.78 is 7.49. The average Bonchev–Trinajstić information content (AvgIpc) is 2.65. The topological polar surface area (TPSA) is 52.0 Å². The van der Waals surface area contributed by atoms with Crippen LogP contribution in [0, 0.1) is 13.8 Å². The van der Waals surface area contributed by atoms with Gasteiger partial charge in [-0.05, 0) is 40.2 Å². The van der Waals surface area contributed by atoms with Gasteiger partial charge in [-0.3, -0.25) is 0 Å². The molecule has 1 N–H and O–H groups in total. The zero-order valence-corrected chi connectivity index (χ0v) is 13.7. The summed E-state index contributed by atoms with van der Waals surface area (Å²) >= 11 is 0. The second-order valence-electron chi connectivity index (χ2n) is 6.35. The molecule has 5 nitrogen and oxygen atoms in total. The van der Waals surface area contributed by atoms with E-state index in [-0.39, 0.29) is 5.54 Å². The Morgan fingerprint density at radius 2 is 1.95 bits per heavy atom. The lowest BCUT2D eigenvalue weighted by Crippen LogP contribution is -2.35. The molecule has 0 bridgehead atoms. The van der Waals surface area contributed by atoms with E-state index in [0.717, 1.165) is 17.9 Å². The van der Waals surface area contributed by atoms with Gasteiger partial charge < -0.3 is 10.1 Å². The molecule has 5 heteroatoms. The molecule has 21 heavy (non-hydrogen) atoms. The van der Waals surface area contributed by atoms with E-state index >= 15 is 0 Å². The summed E-state index contributed by atoms with van der Waals surface area (Å²) in [5.74, 6) is 1.29. The first-order valence-electron chi connectivity index (χ1n) is 7.15. The van der Waals surface area contributed by atoms with Gasteiger partial charge in [0.25, 0.3) is 0 Å². The summed E-state index contributed by atoms with van der Waals surface area (Å²) in [7, 11) is 1.86. The van der Waals surface area contributed by atoms with E-state index in [4.69, 9.17) is 4.74 Å². The van der Waals surface area contributed by atoms with Crippen LogP contribution in [0.25, 0.3) is 0 Å². The van der Waals surface area contributed by atoms with Gasteiger partial charge in [0.15, 0.2) is 0 Å². The van der Waals surface area contributed by atoms with Crippen LogP contribution < -0.4 is 10.1 Å². The summed E-state index contributed by atoms with van der Waals surface area (Å²) in [6.07, 6.45) is 0. The Kier molecular flexibility index (Phi) is 4.32. The number of hydrogen-bond acceptors (Lipinski definition) is 4. The molecule has 0 amide bonds.